The van der Waals surface area contributed by atoms with Gasteiger partial charge in [-0.3, -0.25) is 4.79 Å². The van der Waals surface area contributed by atoms with Gasteiger partial charge in [-0.25, -0.2) is 0 Å². The topological polar surface area (TPSA) is 35.5 Å². The highest BCUT2D eigenvalue weighted by Gasteiger charge is 2.21. The van der Waals surface area contributed by atoms with Crippen molar-refractivity contribution in [3.8, 4) is 11.5 Å². The molecule has 0 spiro atoms. The van der Waals surface area contributed by atoms with E-state index in [1.54, 1.807) is 12.1 Å². The van der Waals surface area contributed by atoms with Crippen molar-refractivity contribution in [2.45, 2.75) is 45.6 Å². The van der Waals surface area contributed by atoms with Crippen LogP contribution >= 0.6 is 0 Å². The van der Waals surface area contributed by atoms with Crippen molar-refractivity contribution >= 4 is 6.29 Å². The molecule has 1 saturated carbocycles. The van der Waals surface area contributed by atoms with Crippen LogP contribution in [0.5, 0.6) is 11.5 Å². The molecule has 2 unspecified atom stereocenters. The van der Waals surface area contributed by atoms with E-state index >= 15 is 0 Å². The van der Waals surface area contributed by atoms with E-state index in [0.29, 0.717) is 17.9 Å². The molecule has 0 aromatic heterocycles. The Morgan fingerprint density at radius 1 is 1.32 bits per heavy atom. The summed E-state index contributed by atoms with van der Waals surface area (Å²) in [5, 5.41) is 0. The first kappa shape index (κ1) is 13.9. The van der Waals surface area contributed by atoms with E-state index in [1.807, 2.05) is 13.0 Å². The van der Waals surface area contributed by atoms with E-state index in [-0.39, 0.29) is 6.10 Å². The van der Waals surface area contributed by atoms with Crippen LogP contribution in [0.25, 0.3) is 0 Å². The second-order valence-electron chi connectivity index (χ2n) is 5.27. The molecule has 0 aliphatic heterocycles. The number of carbonyl (C=O) groups is 1. The maximum Gasteiger partial charge on any atom is 0.161 e. The van der Waals surface area contributed by atoms with Crippen LogP contribution in [0, 0.1) is 5.92 Å². The predicted molar refractivity (Wildman–Crippen MR) is 75.0 cm³/mol. The lowest BCUT2D eigenvalue weighted by atomic mass is 9.89. The first-order valence-corrected chi connectivity index (χ1v) is 7.11. The van der Waals surface area contributed by atoms with Gasteiger partial charge in [0.15, 0.2) is 11.5 Å². The summed E-state index contributed by atoms with van der Waals surface area (Å²) in [5.41, 5.74) is 0.618. The van der Waals surface area contributed by atoms with Crippen LogP contribution < -0.4 is 9.47 Å². The highest BCUT2D eigenvalue weighted by molar-refractivity contribution is 5.76. The average Bonchev–Trinajstić information content (AvgIpc) is 2.41. The highest BCUT2D eigenvalue weighted by Crippen LogP contribution is 2.33. The Labute approximate surface area is 114 Å². The molecule has 1 aromatic rings. The molecule has 0 N–H and O–H groups in total. The van der Waals surface area contributed by atoms with Crippen molar-refractivity contribution in [2.24, 2.45) is 5.92 Å². The van der Waals surface area contributed by atoms with Crippen molar-refractivity contribution in [3.05, 3.63) is 23.8 Å². The summed E-state index contributed by atoms with van der Waals surface area (Å²) in [4.78, 5) is 10.8. The molecule has 3 heteroatoms. The van der Waals surface area contributed by atoms with Gasteiger partial charge in [0.1, 0.15) is 6.29 Å². The summed E-state index contributed by atoms with van der Waals surface area (Å²) in [6.07, 6.45) is 5.82. The second kappa shape index (κ2) is 6.60. The minimum Gasteiger partial charge on any atom is -0.490 e. The van der Waals surface area contributed by atoms with Gasteiger partial charge < -0.3 is 9.47 Å². The molecule has 0 amide bonds. The van der Waals surface area contributed by atoms with Crippen molar-refractivity contribution < 1.29 is 14.3 Å². The molecule has 0 saturated heterocycles. The normalized spacial score (nSPS) is 22.8. The molecule has 0 bridgehead atoms. The van der Waals surface area contributed by atoms with E-state index in [4.69, 9.17) is 9.47 Å². The SMILES string of the molecule is CCOc1cc(C=O)ccc1OC1CCCC(C)C1. The number of carbonyl (C=O) groups excluding carboxylic acids is 1. The van der Waals surface area contributed by atoms with Gasteiger partial charge >= 0.3 is 0 Å². The third-order valence-corrected chi connectivity index (χ3v) is 3.59. The molecule has 19 heavy (non-hydrogen) atoms. The number of hydrogen-bond acceptors (Lipinski definition) is 3. The first-order chi connectivity index (χ1) is 9.22. The Balaban J connectivity index is 2.11. The van der Waals surface area contributed by atoms with Crippen LogP contribution in [0.3, 0.4) is 0 Å². The van der Waals surface area contributed by atoms with Crippen LogP contribution in [0.4, 0.5) is 0 Å². The largest absolute Gasteiger partial charge is 0.490 e. The number of rotatable bonds is 5. The molecule has 1 fully saturated rings. The van der Waals surface area contributed by atoms with E-state index in [1.165, 1.54) is 12.8 Å². The maximum atomic E-state index is 10.8. The number of benzene rings is 1. The van der Waals surface area contributed by atoms with Gasteiger partial charge in [-0.1, -0.05) is 13.3 Å². The van der Waals surface area contributed by atoms with Crippen molar-refractivity contribution in [3.63, 3.8) is 0 Å². The fourth-order valence-electron chi connectivity index (χ4n) is 2.63. The molecule has 104 valence electrons. The van der Waals surface area contributed by atoms with Gasteiger partial charge in [-0.05, 0) is 50.3 Å². The Hall–Kier alpha value is -1.51. The minimum absolute atomic E-state index is 0.269. The zero-order valence-corrected chi connectivity index (χ0v) is 11.7. The smallest absolute Gasteiger partial charge is 0.161 e. The van der Waals surface area contributed by atoms with Crippen LogP contribution in [0.1, 0.15) is 49.9 Å². The van der Waals surface area contributed by atoms with Gasteiger partial charge in [0.2, 0.25) is 0 Å². The van der Waals surface area contributed by atoms with Crippen molar-refractivity contribution in [2.75, 3.05) is 6.61 Å². The van der Waals surface area contributed by atoms with Gasteiger partial charge in [-0.15, -0.1) is 0 Å². The van der Waals surface area contributed by atoms with Crippen molar-refractivity contribution in [1.29, 1.82) is 0 Å². The standard InChI is InChI=1S/C16H22O3/c1-3-18-16-10-13(11-17)7-8-15(16)19-14-6-4-5-12(2)9-14/h7-8,10-12,14H,3-6,9H2,1-2H3. The molecular formula is C16H22O3. The Kier molecular flexibility index (Phi) is 4.83. The summed E-state index contributed by atoms with van der Waals surface area (Å²) < 4.78 is 11.6. The minimum atomic E-state index is 0.269. The molecule has 1 aliphatic carbocycles. The van der Waals surface area contributed by atoms with Crippen LogP contribution in [0.15, 0.2) is 18.2 Å². The van der Waals surface area contributed by atoms with Crippen molar-refractivity contribution in [1.82, 2.24) is 0 Å². The van der Waals surface area contributed by atoms with E-state index in [0.717, 1.165) is 30.8 Å². The number of hydrogen-bond donors (Lipinski definition) is 0. The average molecular weight is 262 g/mol. The summed E-state index contributed by atoms with van der Waals surface area (Å²) in [6.45, 7) is 4.77. The number of ether oxygens (including phenoxy) is 2. The quantitative estimate of drug-likeness (QED) is 0.756. The van der Waals surface area contributed by atoms with Gasteiger partial charge in [-0.2, -0.15) is 0 Å². The molecule has 1 aromatic carbocycles. The summed E-state index contributed by atoms with van der Waals surface area (Å²) in [6, 6.07) is 5.36. The van der Waals surface area contributed by atoms with Crippen LogP contribution in [-0.4, -0.2) is 19.0 Å². The number of aldehydes is 1. The van der Waals surface area contributed by atoms with Crippen LogP contribution in [-0.2, 0) is 0 Å². The second-order valence-corrected chi connectivity index (χ2v) is 5.27. The summed E-state index contributed by atoms with van der Waals surface area (Å²) in [5.74, 6) is 2.15. The fraction of sp³-hybridized carbons (Fsp3) is 0.562. The Bertz CT molecular complexity index is 428. The van der Waals surface area contributed by atoms with E-state index in [9.17, 15) is 4.79 Å². The predicted octanol–water partition coefficient (Wildman–Crippen LogP) is 3.86. The maximum absolute atomic E-state index is 10.8. The van der Waals surface area contributed by atoms with E-state index < -0.39 is 0 Å². The third-order valence-electron chi connectivity index (χ3n) is 3.59. The molecule has 2 atom stereocenters. The van der Waals surface area contributed by atoms with Crippen LogP contribution in [0.2, 0.25) is 0 Å². The molecular weight excluding hydrogens is 240 g/mol. The molecule has 0 heterocycles. The Morgan fingerprint density at radius 3 is 2.84 bits per heavy atom. The van der Waals surface area contributed by atoms with Gasteiger partial charge in [0.25, 0.3) is 0 Å². The monoisotopic (exact) mass is 262 g/mol. The lowest BCUT2D eigenvalue weighted by Crippen LogP contribution is -2.24. The summed E-state index contributed by atoms with van der Waals surface area (Å²) >= 11 is 0. The molecule has 2 rings (SSSR count). The first-order valence-electron chi connectivity index (χ1n) is 7.11. The van der Waals surface area contributed by atoms with Gasteiger partial charge in [0.05, 0.1) is 12.7 Å². The van der Waals surface area contributed by atoms with E-state index in [2.05, 4.69) is 6.92 Å². The third kappa shape index (κ3) is 3.72. The lowest BCUT2D eigenvalue weighted by molar-refractivity contribution is 0.112. The lowest BCUT2D eigenvalue weighted by Gasteiger charge is -2.28. The Morgan fingerprint density at radius 2 is 2.16 bits per heavy atom. The molecule has 3 nitrogen and oxygen atoms in total. The zero-order chi connectivity index (χ0) is 13.7. The highest BCUT2D eigenvalue weighted by atomic mass is 16.5. The summed E-state index contributed by atoms with van der Waals surface area (Å²) in [7, 11) is 0. The van der Waals surface area contributed by atoms with Gasteiger partial charge in [0, 0.05) is 5.56 Å². The molecule has 0 radical (unpaired) electrons. The zero-order valence-electron chi connectivity index (χ0n) is 11.7. The fourth-order valence-corrected chi connectivity index (χ4v) is 2.63. The molecule has 1 aliphatic rings.